The number of hydrogen-bond donors (Lipinski definition) is 1. The minimum absolute atomic E-state index is 0.249. The van der Waals surface area contributed by atoms with Gasteiger partial charge in [-0.05, 0) is 44.4 Å². The predicted octanol–water partition coefficient (Wildman–Crippen LogP) is 3.65. The molecular formula is C18H28N2O. The lowest BCUT2D eigenvalue weighted by Crippen LogP contribution is -2.33. The Hall–Kier alpha value is -1.35. The van der Waals surface area contributed by atoms with Gasteiger partial charge in [0.1, 0.15) is 0 Å². The fourth-order valence-electron chi connectivity index (χ4n) is 3.13. The third-order valence-electron chi connectivity index (χ3n) is 4.47. The lowest BCUT2D eigenvalue weighted by atomic mass is 10.0. The summed E-state index contributed by atoms with van der Waals surface area (Å²) in [5, 5.41) is 0. The number of carbonyl (C=O) groups excluding carboxylic acids is 1. The molecule has 116 valence electrons. The van der Waals surface area contributed by atoms with E-state index in [1.165, 1.54) is 31.2 Å². The van der Waals surface area contributed by atoms with Crippen LogP contribution in [0.5, 0.6) is 0 Å². The molecular weight excluding hydrogens is 260 g/mol. The topological polar surface area (TPSA) is 46.3 Å². The van der Waals surface area contributed by atoms with Gasteiger partial charge in [-0.2, -0.15) is 0 Å². The second-order valence-corrected chi connectivity index (χ2v) is 6.21. The highest BCUT2D eigenvalue weighted by atomic mass is 16.2. The number of nitrogens with zero attached hydrogens (tertiary/aromatic N) is 1. The summed E-state index contributed by atoms with van der Waals surface area (Å²) in [5.41, 5.74) is 7.84. The van der Waals surface area contributed by atoms with Gasteiger partial charge in [-0.3, -0.25) is 4.79 Å². The number of anilines is 1. The van der Waals surface area contributed by atoms with E-state index in [9.17, 15) is 4.79 Å². The van der Waals surface area contributed by atoms with Crippen molar-refractivity contribution in [2.45, 2.75) is 51.9 Å². The van der Waals surface area contributed by atoms with Gasteiger partial charge < -0.3 is 10.6 Å². The molecule has 0 bridgehead atoms. The normalized spacial score (nSPS) is 15.3. The van der Waals surface area contributed by atoms with Crippen molar-refractivity contribution in [2.24, 2.45) is 11.7 Å². The molecule has 0 atom stereocenters. The zero-order valence-corrected chi connectivity index (χ0v) is 13.2. The summed E-state index contributed by atoms with van der Waals surface area (Å²) in [4.78, 5) is 14.5. The molecule has 0 aromatic heterocycles. The molecule has 3 heteroatoms. The molecule has 21 heavy (non-hydrogen) atoms. The quantitative estimate of drug-likeness (QED) is 0.832. The van der Waals surface area contributed by atoms with Crippen LogP contribution in [0.2, 0.25) is 0 Å². The van der Waals surface area contributed by atoms with E-state index in [0.717, 1.165) is 31.0 Å². The largest absolute Gasteiger partial charge is 0.330 e. The Morgan fingerprint density at radius 2 is 1.90 bits per heavy atom. The predicted molar refractivity (Wildman–Crippen MR) is 88.4 cm³/mol. The van der Waals surface area contributed by atoms with E-state index in [4.69, 9.17) is 5.73 Å². The standard InChI is InChI=1S/C18H28N2O/c1-15-7-10-17(11-8-15)20(14-4-13-19)18(21)12-9-16-5-2-3-6-16/h7-8,10-11,16H,2-6,9,12-14,19H2,1H3. The lowest BCUT2D eigenvalue weighted by Gasteiger charge is -2.23. The van der Waals surface area contributed by atoms with Crippen molar-refractivity contribution in [3.63, 3.8) is 0 Å². The third-order valence-corrected chi connectivity index (χ3v) is 4.47. The van der Waals surface area contributed by atoms with E-state index in [-0.39, 0.29) is 5.91 Å². The Labute approximate surface area is 128 Å². The van der Waals surface area contributed by atoms with Crippen molar-refractivity contribution in [3.05, 3.63) is 29.8 Å². The summed E-state index contributed by atoms with van der Waals surface area (Å²) in [5.74, 6) is 1.02. The molecule has 0 radical (unpaired) electrons. The molecule has 2 rings (SSSR count). The zero-order valence-electron chi connectivity index (χ0n) is 13.2. The van der Waals surface area contributed by atoms with Crippen LogP contribution in [0.1, 0.15) is 50.5 Å². The monoisotopic (exact) mass is 288 g/mol. The molecule has 1 aliphatic carbocycles. The molecule has 0 heterocycles. The smallest absolute Gasteiger partial charge is 0.226 e. The second-order valence-electron chi connectivity index (χ2n) is 6.21. The van der Waals surface area contributed by atoms with Crippen LogP contribution >= 0.6 is 0 Å². The fourth-order valence-corrected chi connectivity index (χ4v) is 3.13. The molecule has 0 saturated heterocycles. The van der Waals surface area contributed by atoms with Gasteiger partial charge in [0.05, 0.1) is 0 Å². The van der Waals surface area contributed by atoms with E-state index in [1.54, 1.807) is 0 Å². The van der Waals surface area contributed by atoms with Crippen LogP contribution in [0.25, 0.3) is 0 Å². The fraction of sp³-hybridized carbons (Fsp3) is 0.611. The average Bonchev–Trinajstić information content (AvgIpc) is 3.00. The van der Waals surface area contributed by atoms with E-state index < -0.39 is 0 Å². The van der Waals surface area contributed by atoms with Crippen LogP contribution < -0.4 is 10.6 Å². The first-order chi connectivity index (χ1) is 10.2. The van der Waals surface area contributed by atoms with Crippen molar-refractivity contribution in [1.82, 2.24) is 0 Å². The first-order valence-electron chi connectivity index (χ1n) is 8.28. The van der Waals surface area contributed by atoms with Crippen molar-refractivity contribution in [1.29, 1.82) is 0 Å². The summed E-state index contributed by atoms with van der Waals surface area (Å²) >= 11 is 0. The SMILES string of the molecule is Cc1ccc(N(CCCN)C(=O)CCC2CCCC2)cc1. The minimum atomic E-state index is 0.249. The van der Waals surface area contributed by atoms with Crippen LogP contribution in [0.4, 0.5) is 5.69 Å². The first kappa shape index (κ1) is 16.0. The number of nitrogens with two attached hydrogens (primary N) is 1. The number of benzene rings is 1. The zero-order chi connectivity index (χ0) is 15.1. The van der Waals surface area contributed by atoms with E-state index in [2.05, 4.69) is 19.1 Å². The van der Waals surface area contributed by atoms with Gasteiger partial charge in [0.15, 0.2) is 0 Å². The Morgan fingerprint density at radius 1 is 1.24 bits per heavy atom. The Balaban J connectivity index is 1.96. The van der Waals surface area contributed by atoms with E-state index in [1.807, 2.05) is 17.0 Å². The molecule has 1 saturated carbocycles. The van der Waals surface area contributed by atoms with Gasteiger partial charge in [-0.15, -0.1) is 0 Å². The molecule has 1 aliphatic rings. The summed E-state index contributed by atoms with van der Waals surface area (Å²) in [6.45, 7) is 3.41. The summed E-state index contributed by atoms with van der Waals surface area (Å²) in [7, 11) is 0. The van der Waals surface area contributed by atoms with Crippen molar-refractivity contribution < 1.29 is 4.79 Å². The van der Waals surface area contributed by atoms with Crippen molar-refractivity contribution >= 4 is 11.6 Å². The number of hydrogen-bond acceptors (Lipinski definition) is 2. The van der Waals surface area contributed by atoms with Gasteiger partial charge in [0.2, 0.25) is 5.91 Å². The Morgan fingerprint density at radius 3 is 2.52 bits per heavy atom. The maximum absolute atomic E-state index is 12.6. The second kappa shape index (κ2) is 8.18. The van der Waals surface area contributed by atoms with Gasteiger partial charge in [-0.1, -0.05) is 43.4 Å². The lowest BCUT2D eigenvalue weighted by molar-refractivity contribution is -0.118. The summed E-state index contributed by atoms with van der Waals surface area (Å²) in [6.07, 6.45) is 7.86. The number of carbonyl (C=O) groups is 1. The molecule has 1 aromatic carbocycles. The summed E-state index contributed by atoms with van der Waals surface area (Å²) < 4.78 is 0. The van der Waals surface area contributed by atoms with Gasteiger partial charge in [0, 0.05) is 18.7 Å². The third kappa shape index (κ3) is 4.85. The molecule has 2 N–H and O–H groups in total. The van der Waals surface area contributed by atoms with E-state index in [0.29, 0.717) is 13.0 Å². The van der Waals surface area contributed by atoms with Gasteiger partial charge in [0.25, 0.3) is 0 Å². The molecule has 3 nitrogen and oxygen atoms in total. The van der Waals surface area contributed by atoms with Crippen LogP contribution in [0, 0.1) is 12.8 Å². The van der Waals surface area contributed by atoms with E-state index >= 15 is 0 Å². The highest BCUT2D eigenvalue weighted by Gasteiger charge is 2.19. The Kier molecular flexibility index (Phi) is 6.24. The number of rotatable bonds is 7. The Bertz CT molecular complexity index is 435. The summed E-state index contributed by atoms with van der Waals surface area (Å²) in [6, 6.07) is 8.21. The van der Waals surface area contributed by atoms with Gasteiger partial charge in [-0.25, -0.2) is 0 Å². The number of aryl methyl sites for hydroxylation is 1. The molecule has 0 spiro atoms. The first-order valence-corrected chi connectivity index (χ1v) is 8.28. The molecule has 1 fully saturated rings. The van der Waals surface area contributed by atoms with Crippen molar-refractivity contribution in [3.8, 4) is 0 Å². The van der Waals surface area contributed by atoms with Crippen LogP contribution in [-0.4, -0.2) is 19.0 Å². The van der Waals surface area contributed by atoms with Crippen molar-refractivity contribution in [2.75, 3.05) is 18.0 Å². The van der Waals surface area contributed by atoms with Gasteiger partial charge >= 0.3 is 0 Å². The molecule has 1 aromatic rings. The van der Waals surface area contributed by atoms with Crippen LogP contribution in [0.3, 0.4) is 0 Å². The molecule has 0 unspecified atom stereocenters. The maximum atomic E-state index is 12.6. The number of amides is 1. The highest BCUT2D eigenvalue weighted by molar-refractivity contribution is 5.93. The minimum Gasteiger partial charge on any atom is -0.330 e. The highest BCUT2D eigenvalue weighted by Crippen LogP contribution is 2.29. The molecule has 0 aliphatic heterocycles. The average molecular weight is 288 g/mol. The molecule has 1 amide bonds. The van der Waals surface area contributed by atoms with Crippen LogP contribution in [-0.2, 0) is 4.79 Å². The van der Waals surface area contributed by atoms with Crippen LogP contribution in [0.15, 0.2) is 24.3 Å². The maximum Gasteiger partial charge on any atom is 0.226 e.